The van der Waals surface area contributed by atoms with Crippen molar-refractivity contribution >= 4 is 20.9 Å². The summed E-state index contributed by atoms with van der Waals surface area (Å²) in [6.07, 6.45) is -1.11. The lowest BCUT2D eigenvalue weighted by molar-refractivity contribution is -0.137. The van der Waals surface area contributed by atoms with Gasteiger partial charge in [0, 0.05) is 29.4 Å². The highest BCUT2D eigenvalue weighted by Crippen LogP contribution is 2.38. The Bertz CT molecular complexity index is 1420. The summed E-state index contributed by atoms with van der Waals surface area (Å²) in [7, 11) is -4.88. The molecule has 0 amide bonds. The second-order valence-electron chi connectivity index (χ2n) is 6.43. The van der Waals surface area contributed by atoms with E-state index in [9.17, 15) is 35.5 Å². The summed E-state index contributed by atoms with van der Waals surface area (Å²) in [5, 5.41) is 9.82. The predicted molar refractivity (Wildman–Crippen MR) is 98.6 cm³/mol. The van der Waals surface area contributed by atoms with Gasteiger partial charge in [-0.3, -0.25) is 0 Å². The van der Waals surface area contributed by atoms with Crippen molar-refractivity contribution in [3.63, 3.8) is 0 Å². The monoisotopic (exact) mass is 455 g/mol. The van der Waals surface area contributed by atoms with Crippen molar-refractivity contribution in [3.8, 4) is 17.0 Å². The van der Waals surface area contributed by atoms with E-state index in [0.717, 1.165) is 24.5 Å². The maximum atomic E-state index is 13.8. The lowest BCUT2D eigenvalue weighted by Crippen LogP contribution is -2.15. The van der Waals surface area contributed by atoms with Crippen LogP contribution in [0.25, 0.3) is 22.2 Å². The first-order valence-corrected chi connectivity index (χ1v) is 9.86. The molecule has 2 aromatic carbocycles. The van der Waals surface area contributed by atoms with Crippen LogP contribution in [-0.4, -0.2) is 27.5 Å². The van der Waals surface area contributed by atoms with Crippen molar-refractivity contribution in [2.75, 3.05) is 0 Å². The molecule has 4 rings (SSSR count). The molecule has 0 atom stereocenters. The fourth-order valence-electron chi connectivity index (χ4n) is 3.10. The quantitative estimate of drug-likeness (QED) is 0.465. The number of halogens is 5. The molecule has 160 valence electrons. The summed E-state index contributed by atoms with van der Waals surface area (Å²) in [5.41, 5.74) is -1.30. The summed E-state index contributed by atoms with van der Waals surface area (Å²) < 4.78 is 94.1. The van der Waals surface area contributed by atoms with E-state index in [0.29, 0.717) is 22.2 Å². The third-order valence-corrected chi connectivity index (χ3v) is 6.19. The highest BCUT2D eigenvalue weighted by molar-refractivity contribution is 7.90. The van der Waals surface area contributed by atoms with Gasteiger partial charge in [0.25, 0.3) is 10.0 Å². The summed E-state index contributed by atoms with van der Waals surface area (Å²) in [4.78, 5) is 6.43. The molecule has 0 spiro atoms. The van der Waals surface area contributed by atoms with Crippen LogP contribution in [0.5, 0.6) is 5.75 Å². The second-order valence-corrected chi connectivity index (χ2v) is 8.19. The maximum Gasteiger partial charge on any atom is 0.416 e. The zero-order valence-electron chi connectivity index (χ0n) is 15.1. The molecule has 0 aliphatic heterocycles. The number of nitrogens with zero attached hydrogens (tertiary/aromatic N) is 3. The third-order valence-electron chi connectivity index (χ3n) is 4.45. The molecule has 12 heteroatoms. The van der Waals surface area contributed by atoms with E-state index in [1.54, 1.807) is 0 Å². The molecule has 4 aromatic rings. The summed E-state index contributed by atoms with van der Waals surface area (Å²) >= 11 is 0. The first-order valence-electron chi connectivity index (χ1n) is 8.42. The zero-order chi connectivity index (χ0) is 22.6. The first-order chi connectivity index (χ1) is 14.5. The van der Waals surface area contributed by atoms with Crippen LogP contribution in [-0.2, 0) is 16.2 Å². The Labute approximate surface area is 171 Å². The summed E-state index contributed by atoms with van der Waals surface area (Å²) in [5.74, 6) is -4.11. The van der Waals surface area contributed by atoms with Crippen molar-refractivity contribution in [1.29, 1.82) is 0 Å². The average molecular weight is 455 g/mol. The Kier molecular flexibility index (Phi) is 4.69. The average Bonchev–Trinajstić information content (AvgIpc) is 3.10. The van der Waals surface area contributed by atoms with Crippen molar-refractivity contribution in [2.45, 2.75) is 11.1 Å². The summed E-state index contributed by atoms with van der Waals surface area (Å²) in [6.45, 7) is 0. The smallest absolute Gasteiger partial charge is 0.416 e. The number of hydrogen-bond donors (Lipinski definition) is 1. The molecule has 1 N–H and O–H groups in total. The minimum atomic E-state index is -4.88. The number of alkyl halides is 3. The standard InChI is InChI=1S/C19H10F5N3O3S/c20-13-5-14(21)18(28)17(6-13)31(29,30)27-15-2-1-12(19(22,23)24)3-10(15)4-16(27)11-7-25-9-26-8-11/h1-9,28H. The minimum Gasteiger partial charge on any atom is -0.504 e. The third kappa shape index (κ3) is 3.48. The van der Waals surface area contributed by atoms with Gasteiger partial charge < -0.3 is 5.11 Å². The van der Waals surface area contributed by atoms with Crippen molar-refractivity contribution in [3.05, 3.63) is 72.3 Å². The van der Waals surface area contributed by atoms with Crippen LogP contribution in [0.4, 0.5) is 22.0 Å². The fourth-order valence-corrected chi connectivity index (χ4v) is 4.74. The van der Waals surface area contributed by atoms with Gasteiger partial charge in [0.1, 0.15) is 17.0 Å². The van der Waals surface area contributed by atoms with Gasteiger partial charge >= 0.3 is 6.18 Å². The molecule has 0 aliphatic carbocycles. The highest BCUT2D eigenvalue weighted by atomic mass is 32.2. The van der Waals surface area contributed by atoms with E-state index < -0.39 is 44.0 Å². The predicted octanol–water partition coefficient (Wildman–Crippen LogP) is 4.34. The number of benzene rings is 2. The summed E-state index contributed by atoms with van der Waals surface area (Å²) in [6, 6.07) is 4.17. The molecule has 0 saturated carbocycles. The molecule has 0 saturated heterocycles. The van der Waals surface area contributed by atoms with E-state index >= 15 is 0 Å². The molecule has 0 radical (unpaired) electrons. The highest BCUT2D eigenvalue weighted by Gasteiger charge is 2.33. The maximum absolute atomic E-state index is 13.8. The number of phenols is 1. The van der Waals surface area contributed by atoms with Gasteiger partial charge in [0.2, 0.25) is 0 Å². The van der Waals surface area contributed by atoms with E-state index in [1.165, 1.54) is 12.4 Å². The Morgan fingerprint density at radius 3 is 2.29 bits per heavy atom. The number of phenolic OH excluding ortho intramolecular Hbond substituents is 1. The Hall–Kier alpha value is -3.54. The fraction of sp³-hybridized carbons (Fsp3) is 0.0526. The van der Waals surface area contributed by atoms with Crippen LogP contribution in [0.2, 0.25) is 0 Å². The van der Waals surface area contributed by atoms with Gasteiger partial charge in [0.15, 0.2) is 11.6 Å². The Morgan fingerprint density at radius 1 is 0.968 bits per heavy atom. The molecule has 2 heterocycles. The number of fused-ring (bicyclic) bond motifs is 1. The van der Waals surface area contributed by atoms with Crippen LogP contribution in [0.15, 0.2) is 60.0 Å². The molecular weight excluding hydrogens is 445 g/mol. The van der Waals surface area contributed by atoms with E-state index in [4.69, 9.17) is 0 Å². The zero-order valence-corrected chi connectivity index (χ0v) is 15.9. The SMILES string of the molecule is O=S(=O)(c1cc(F)cc(F)c1O)n1c(-c2cncnc2)cc2cc(C(F)(F)F)ccc21. The van der Waals surface area contributed by atoms with Crippen LogP contribution < -0.4 is 0 Å². The largest absolute Gasteiger partial charge is 0.504 e. The van der Waals surface area contributed by atoms with E-state index in [-0.39, 0.29) is 22.2 Å². The van der Waals surface area contributed by atoms with E-state index in [1.807, 2.05) is 0 Å². The van der Waals surface area contributed by atoms with Gasteiger partial charge in [0.05, 0.1) is 16.8 Å². The molecule has 0 aliphatic rings. The molecule has 2 aromatic heterocycles. The van der Waals surface area contributed by atoms with Gasteiger partial charge in [-0.1, -0.05) is 0 Å². The molecule has 0 bridgehead atoms. The van der Waals surface area contributed by atoms with E-state index in [2.05, 4.69) is 9.97 Å². The molecule has 6 nitrogen and oxygen atoms in total. The topological polar surface area (TPSA) is 85.1 Å². The minimum absolute atomic E-state index is 0.104. The van der Waals surface area contributed by atoms with Gasteiger partial charge in [-0.05, 0) is 30.3 Å². The Balaban J connectivity index is 2.09. The number of aromatic nitrogens is 3. The lowest BCUT2D eigenvalue weighted by atomic mass is 10.1. The van der Waals surface area contributed by atoms with Crippen molar-refractivity contribution < 1.29 is 35.5 Å². The first kappa shape index (κ1) is 20.7. The van der Waals surface area contributed by atoms with Gasteiger partial charge in [-0.25, -0.2) is 31.1 Å². The second kappa shape index (κ2) is 7.01. The van der Waals surface area contributed by atoms with Gasteiger partial charge in [-0.15, -0.1) is 0 Å². The lowest BCUT2D eigenvalue weighted by Gasteiger charge is -2.14. The number of hydrogen-bond acceptors (Lipinski definition) is 5. The van der Waals surface area contributed by atoms with Crippen LogP contribution in [0.3, 0.4) is 0 Å². The normalized spacial score (nSPS) is 12.4. The molecule has 31 heavy (non-hydrogen) atoms. The number of rotatable bonds is 3. The van der Waals surface area contributed by atoms with Crippen molar-refractivity contribution in [1.82, 2.24) is 13.9 Å². The van der Waals surface area contributed by atoms with Crippen molar-refractivity contribution in [2.24, 2.45) is 0 Å². The van der Waals surface area contributed by atoms with Crippen LogP contribution in [0.1, 0.15) is 5.56 Å². The molecule has 0 unspecified atom stereocenters. The molecular formula is C19H10F5N3O3S. The Morgan fingerprint density at radius 2 is 1.65 bits per heavy atom. The van der Waals surface area contributed by atoms with Gasteiger partial charge in [-0.2, -0.15) is 13.2 Å². The van der Waals surface area contributed by atoms with Crippen LogP contribution >= 0.6 is 0 Å². The number of aromatic hydroxyl groups is 1. The van der Waals surface area contributed by atoms with Crippen LogP contribution in [0, 0.1) is 11.6 Å². The molecule has 0 fully saturated rings.